The largest absolute Gasteiger partial charge is 0.393 e. The fourth-order valence-corrected chi connectivity index (χ4v) is 2.50. The van der Waals surface area contributed by atoms with Gasteiger partial charge in [-0.15, -0.1) is 0 Å². The molecule has 2 heterocycles. The van der Waals surface area contributed by atoms with E-state index in [1.807, 2.05) is 11.6 Å². The van der Waals surface area contributed by atoms with Crippen molar-refractivity contribution in [3.8, 4) is 0 Å². The monoisotopic (exact) mass is 257 g/mol. The minimum absolute atomic E-state index is 0.125. The average Bonchev–Trinajstić information content (AvgIpc) is 2.59. The number of halogens is 1. The molecule has 1 aliphatic rings. The number of rotatable bonds is 3. The van der Waals surface area contributed by atoms with E-state index in [4.69, 9.17) is 11.6 Å². The van der Waals surface area contributed by atoms with Crippen molar-refractivity contribution < 1.29 is 5.11 Å². The summed E-state index contributed by atoms with van der Waals surface area (Å²) in [7, 11) is 0. The lowest BCUT2D eigenvalue weighted by molar-refractivity contribution is 0.0780. The van der Waals surface area contributed by atoms with Gasteiger partial charge in [0.1, 0.15) is 0 Å². The van der Waals surface area contributed by atoms with Gasteiger partial charge in [0.25, 0.3) is 0 Å². The van der Waals surface area contributed by atoms with Crippen LogP contribution in [0.1, 0.15) is 31.2 Å². The first-order chi connectivity index (χ1) is 8.11. The number of aliphatic hydroxyl groups excluding tert-OH is 1. The summed E-state index contributed by atoms with van der Waals surface area (Å²) in [4.78, 5) is 2.33. The zero-order valence-corrected chi connectivity index (χ0v) is 11.2. The van der Waals surface area contributed by atoms with Crippen LogP contribution in [0.4, 0.5) is 0 Å². The smallest absolute Gasteiger partial charge is 0.0860 e. The zero-order chi connectivity index (χ0) is 12.4. The lowest BCUT2D eigenvalue weighted by atomic mass is 10.1. The van der Waals surface area contributed by atoms with Crippen molar-refractivity contribution >= 4 is 11.6 Å². The van der Waals surface area contributed by atoms with Crippen molar-refractivity contribution in [2.75, 3.05) is 13.1 Å². The Hall–Kier alpha value is -0.580. The predicted molar refractivity (Wildman–Crippen MR) is 68.2 cm³/mol. The number of aromatic nitrogens is 2. The summed E-state index contributed by atoms with van der Waals surface area (Å²) in [6.07, 6.45) is 1.59. The maximum absolute atomic E-state index is 9.48. The summed E-state index contributed by atoms with van der Waals surface area (Å²) in [6.45, 7) is 7.57. The Morgan fingerprint density at radius 2 is 2.06 bits per heavy atom. The summed E-state index contributed by atoms with van der Waals surface area (Å²) in [6, 6.07) is 0. The van der Waals surface area contributed by atoms with Crippen LogP contribution in [-0.2, 0) is 13.1 Å². The molecule has 4 nitrogen and oxygen atoms in total. The third-order valence-electron chi connectivity index (χ3n) is 3.38. The van der Waals surface area contributed by atoms with E-state index in [-0.39, 0.29) is 6.10 Å². The van der Waals surface area contributed by atoms with E-state index < -0.39 is 0 Å². The van der Waals surface area contributed by atoms with Crippen LogP contribution in [0.25, 0.3) is 0 Å². The molecule has 0 radical (unpaired) electrons. The highest BCUT2D eigenvalue weighted by molar-refractivity contribution is 6.31. The van der Waals surface area contributed by atoms with Crippen LogP contribution in [-0.4, -0.2) is 39.0 Å². The van der Waals surface area contributed by atoms with Gasteiger partial charge in [0.05, 0.1) is 22.5 Å². The second kappa shape index (κ2) is 5.38. The van der Waals surface area contributed by atoms with E-state index in [2.05, 4.69) is 16.9 Å². The molecule has 1 aliphatic heterocycles. The molecule has 1 aromatic heterocycles. The van der Waals surface area contributed by atoms with E-state index >= 15 is 0 Å². The number of piperidine rings is 1. The molecule has 1 saturated heterocycles. The molecule has 0 unspecified atom stereocenters. The van der Waals surface area contributed by atoms with Gasteiger partial charge in [-0.2, -0.15) is 5.10 Å². The van der Waals surface area contributed by atoms with Crippen molar-refractivity contribution in [3.63, 3.8) is 0 Å². The first-order valence-corrected chi connectivity index (χ1v) is 6.61. The fraction of sp³-hybridized carbons (Fsp3) is 0.750. The van der Waals surface area contributed by atoms with Gasteiger partial charge in [-0.1, -0.05) is 11.6 Å². The van der Waals surface area contributed by atoms with E-state index in [1.165, 1.54) is 0 Å². The molecule has 0 atom stereocenters. The minimum Gasteiger partial charge on any atom is -0.393 e. The summed E-state index contributed by atoms with van der Waals surface area (Å²) in [5.41, 5.74) is 2.00. The number of aryl methyl sites for hydroxylation is 2. The van der Waals surface area contributed by atoms with Crippen molar-refractivity contribution in [2.45, 2.75) is 45.9 Å². The Balaban J connectivity index is 2.07. The number of likely N-dealkylation sites (tertiary alicyclic amines) is 1. The molecule has 0 amide bonds. The normalized spacial score (nSPS) is 18.8. The lowest BCUT2D eigenvalue weighted by Crippen LogP contribution is -2.35. The van der Waals surface area contributed by atoms with Crippen LogP contribution in [0.5, 0.6) is 0 Å². The molecule has 5 heteroatoms. The molecule has 0 aliphatic carbocycles. The molecular weight excluding hydrogens is 238 g/mol. The maximum atomic E-state index is 9.48. The SMILES string of the molecule is CCn1nc(C)c(Cl)c1CN1CCC(O)CC1. The predicted octanol–water partition coefficient (Wildman–Crippen LogP) is 1.82. The standard InChI is InChI=1S/C12H20ClN3O/c1-3-16-11(12(13)9(2)14-16)8-15-6-4-10(17)5-7-15/h10,17H,3-8H2,1-2H3. The summed E-state index contributed by atoms with van der Waals surface area (Å²) < 4.78 is 1.97. The van der Waals surface area contributed by atoms with Crippen molar-refractivity contribution in [1.82, 2.24) is 14.7 Å². The first-order valence-electron chi connectivity index (χ1n) is 6.24. The van der Waals surface area contributed by atoms with E-state index in [0.29, 0.717) is 0 Å². The van der Waals surface area contributed by atoms with Gasteiger partial charge in [-0.25, -0.2) is 0 Å². The maximum Gasteiger partial charge on any atom is 0.0860 e. The Labute approximate surface area is 107 Å². The highest BCUT2D eigenvalue weighted by Crippen LogP contribution is 2.23. The van der Waals surface area contributed by atoms with Gasteiger partial charge in [0.2, 0.25) is 0 Å². The zero-order valence-electron chi connectivity index (χ0n) is 10.5. The molecule has 0 bridgehead atoms. The molecule has 2 rings (SSSR count). The number of hydrogen-bond acceptors (Lipinski definition) is 3. The van der Waals surface area contributed by atoms with Gasteiger partial charge in [-0.3, -0.25) is 9.58 Å². The third kappa shape index (κ3) is 2.81. The average molecular weight is 258 g/mol. The van der Waals surface area contributed by atoms with Crippen molar-refractivity contribution in [3.05, 3.63) is 16.4 Å². The Bertz CT molecular complexity index is 383. The van der Waals surface area contributed by atoms with Crippen LogP contribution >= 0.6 is 11.6 Å². The highest BCUT2D eigenvalue weighted by Gasteiger charge is 2.20. The van der Waals surface area contributed by atoms with Gasteiger partial charge in [0, 0.05) is 26.2 Å². The molecule has 17 heavy (non-hydrogen) atoms. The topological polar surface area (TPSA) is 41.3 Å². The van der Waals surface area contributed by atoms with Crippen molar-refractivity contribution in [1.29, 1.82) is 0 Å². The quantitative estimate of drug-likeness (QED) is 0.898. The third-order valence-corrected chi connectivity index (χ3v) is 3.87. The van der Waals surface area contributed by atoms with Gasteiger partial charge >= 0.3 is 0 Å². The van der Waals surface area contributed by atoms with Gasteiger partial charge in [0.15, 0.2) is 0 Å². The van der Waals surface area contributed by atoms with E-state index in [1.54, 1.807) is 0 Å². The Kier molecular flexibility index (Phi) is 4.07. The molecule has 0 saturated carbocycles. The van der Waals surface area contributed by atoms with Crippen LogP contribution in [0, 0.1) is 6.92 Å². The lowest BCUT2D eigenvalue weighted by Gasteiger charge is -2.29. The summed E-state index contributed by atoms with van der Waals surface area (Å²) in [5.74, 6) is 0. The number of aliphatic hydroxyl groups is 1. The van der Waals surface area contributed by atoms with Crippen molar-refractivity contribution in [2.24, 2.45) is 0 Å². The second-order valence-electron chi connectivity index (χ2n) is 4.67. The molecule has 0 spiro atoms. The Morgan fingerprint density at radius 3 is 2.65 bits per heavy atom. The molecule has 1 fully saturated rings. The van der Waals surface area contributed by atoms with Crippen LogP contribution in [0.3, 0.4) is 0 Å². The van der Waals surface area contributed by atoms with E-state index in [0.717, 1.165) is 55.4 Å². The van der Waals surface area contributed by atoms with Gasteiger partial charge < -0.3 is 5.11 Å². The number of hydrogen-bond donors (Lipinski definition) is 1. The molecule has 1 aromatic rings. The highest BCUT2D eigenvalue weighted by atomic mass is 35.5. The first kappa shape index (κ1) is 12.9. The Morgan fingerprint density at radius 1 is 1.41 bits per heavy atom. The molecule has 0 aromatic carbocycles. The fourth-order valence-electron chi connectivity index (χ4n) is 2.31. The van der Waals surface area contributed by atoms with Crippen LogP contribution in [0.2, 0.25) is 5.02 Å². The summed E-state index contributed by atoms with van der Waals surface area (Å²) >= 11 is 6.28. The van der Waals surface area contributed by atoms with Gasteiger partial charge in [-0.05, 0) is 26.7 Å². The number of nitrogens with zero attached hydrogens (tertiary/aromatic N) is 3. The molecular formula is C12H20ClN3O. The second-order valence-corrected chi connectivity index (χ2v) is 5.05. The van der Waals surface area contributed by atoms with Crippen LogP contribution < -0.4 is 0 Å². The minimum atomic E-state index is -0.125. The molecule has 1 N–H and O–H groups in total. The summed E-state index contributed by atoms with van der Waals surface area (Å²) in [5, 5.41) is 14.7. The van der Waals surface area contributed by atoms with Crippen LogP contribution in [0.15, 0.2) is 0 Å². The van der Waals surface area contributed by atoms with E-state index in [9.17, 15) is 5.11 Å². The molecule has 96 valence electrons.